The lowest BCUT2D eigenvalue weighted by molar-refractivity contribution is 0.765. The summed E-state index contributed by atoms with van der Waals surface area (Å²) in [4.78, 5) is 0. The fourth-order valence-corrected chi connectivity index (χ4v) is 5.00. The summed E-state index contributed by atoms with van der Waals surface area (Å²) in [5.41, 5.74) is 3.19. The third-order valence-corrected chi connectivity index (χ3v) is 6.34. The zero-order valence-electron chi connectivity index (χ0n) is 11.3. The van der Waals surface area contributed by atoms with E-state index in [1.54, 1.807) is 11.1 Å². The van der Waals surface area contributed by atoms with Crippen molar-refractivity contribution in [2.45, 2.75) is 26.7 Å². The van der Waals surface area contributed by atoms with Crippen LogP contribution in [0.15, 0.2) is 47.6 Å². The van der Waals surface area contributed by atoms with Crippen LogP contribution in [0, 0.1) is 11.8 Å². The molecule has 0 unspecified atom stereocenters. The summed E-state index contributed by atoms with van der Waals surface area (Å²) >= 11 is 0. The summed E-state index contributed by atoms with van der Waals surface area (Å²) in [6.07, 6.45) is 15.8. The Balaban J connectivity index is 1.58. The average Bonchev–Trinajstić information content (AvgIpc) is 3.05. The highest BCUT2D eigenvalue weighted by Crippen LogP contribution is 2.33. The van der Waals surface area contributed by atoms with Crippen LogP contribution in [0.25, 0.3) is 0 Å². The van der Waals surface area contributed by atoms with Crippen molar-refractivity contribution in [3.05, 3.63) is 47.6 Å². The van der Waals surface area contributed by atoms with Crippen LogP contribution in [-0.4, -0.2) is 11.5 Å². The van der Waals surface area contributed by atoms with Gasteiger partial charge in [-0.1, -0.05) is 83.0 Å². The molecule has 2 heteroatoms. The van der Waals surface area contributed by atoms with E-state index in [-0.39, 0.29) is 0 Å². The molecule has 0 amide bonds. The van der Waals surface area contributed by atoms with Gasteiger partial charge in [0.2, 0.25) is 0 Å². The Kier molecular flexibility index (Phi) is 5.71. The topological polar surface area (TPSA) is 0 Å². The molecule has 2 rings (SSSR count). The van der Waals surface area contributed by atoms with Gasteiger partial charge in [0, 0.05) is 11.5 Å². The predicted molar refractivity (Wildman–Crippen MR) is 86.9 cm³/mol. The van der Waals surface area contributed by atoms with Crippen LogP contribution in [-0.2, 0) is 0 Å². The molecule has 2 atom stereocenters. The van der Waals surface area contributed by atoms with Crippen LogP contribution in [0.4, 0.5) is 0 Å². The van der Waals surface area contributed by atoms with Gasteiger partial charge in [-0.25, -0.2) is 0 Å². The molecule has 0 bridgehead atoms. The van der Waals surface area contributed by atoms with E-state index in [1.807, 2.05) is 21.6 Å². The Morgan fingerprint density at radius 2 is 1.33 bits per heavy atom. The summed E-state index contributed by atoms with van der Waals surface area (Å²) in [6.45, 7) is 4.69. The molecule has 0 spiro atoms. The summed E-state index contributed by atoms with van der Waals surface area (Å²) in [6, 6.07) is 0. The monoisotopic (exact) mass is 278 g/mol. The maximum absolute atomic E-state index is 2.35. The van der Waals surface area contributed by atoms with E-state index in [0.29, 0.717) is 0 Å². The Morgan fingerprint density at radius 3 is 1.67 bits per heavy atom. The van der Waals surface area contributed by atoms with E-state index in [2.05, 4.69) is 50.3 Å². The molecule has 98 valence electrons. The quantitative estimate of drug-likeness (QED) is 0.451. The predicted octanol–water partition coefficient (Wildman–Crippen LogP) is 5.41. The van der Waals surface area contributed by atoms with Crippen molar-refractivity contribution in [2.75, 3.05) is 11.5 Å². The van der Waals surface area contributed by atoms with Gasteiger partial charge in [0.05, 0.1) is 0 Å². The van der Waals surface area contributed by atoms with Crippen molar-refractivity contribution in [2.24, 2.45) is 11.8 Å². The van der Waals surface area contributed by atoms with E-state index in [1.165, 1.54) is 24.3 Å². The van der Waals surface area contributed by atoms with Crippen molar-refractivity contribution in [1.29, 1.82) is 0 Å². The molecule has 0 heterocycles. The largest absolute Gasteiger partial charge is 0.0935 e. The fourth-order valence-electron chi connectivity index (χ4n) is 2.17. The van der Waals surface area contributed by atoms with Gasteiger partial charge in [-0.15, -0.1) is 0 Å². The van der Waals surface area contributed by atoms with Crippen LogP contribution >= 0.6 is 21.6 Å². The summed E-state index contributed by atoms with van der Waals surface area (Å²) in [5, 5.41) is 0. The van der Waals surface area contributed by atoms with Gasteiger partial charge in [0.1, 0.15) is 0 Å². The normalized spacial score (nSPS) is 21.0. The first-order chi connectivity index (χ1) is 8.77. The molecule has 18 heavy (non-hydrogen) atoms. The minimum Gasteiger partial charge on any atom is -0.0935 e. The molecule has 0 aromatic rings. The lowest BCUT2D eigenvalue weighted by atomic mass is 10.0. The third kappa shape index (κ3) is 4.10. The van der Waals surface area contributed by atoms with Gasteiger partial charge < -0.3 is 0 Å². The molecule has 0 fully saturated rings. The number of hydrogen-bond donors (Lipinski definition) is 0. The molecule has 0 aliphatic heterocycles. The molecule has 0 saturated carbocycles. The third-order valence-electron chi connectivity index (χ3n) is 3.59. The van der Waals surface area contributed by atoms with E-state index < -0.39 is 0 Å². The van der Waals surface area contributed by atoms with Crippen LogP contribution in [0.3, 0.4) is 0 Å². The molecule has 0 nitrogen and oxygen atoms in total. The van der Waals surface area contributed by atoms with Crippen molar-refractivity contribution < 1.29 is 0 Å². The van der Waals surface area contributed by atoms with Gasteiger partial charge in [0.15, 0.2) is 0 Å². The Hall–Kier alpha value is -0.340. The maximum atomic E-state index is 2.35. The van der Waals surface area contributed by atoms with Crippen molar-refractivity contribution >= 4 is 21.6 Å². The summed E-state index contributed by atoms with van der Waals surface area (Å²) in [5.74, 6) is 3.92. The van der Waals surface area contributed by atoms with Gasteiger partial charge in [-0.3, -0.25) is 0 Å². The van der Waals surface area contributed by atoms with Crippen molar-refractivity contribution in [3.8, 4) is 0 Å². The minimum absolute atomic E-state index is 0.722. The zero-order chi connectivity index (χ0) is 12.8. The first-order valence-corrected chi connectivity index (χ1v) is 9.21. The molecule has 2 aliphatic rings. The summed E-state index contributed by atoms with van der Waals surface area (Å²) in [7, 11) is 4.07. The van der Waals surface area contributed by atoms with Gasteiger partial charge in [-0.2, -0.15) is 0 Å². The number of hydrogen-bond acceptors (Lipinski definition) is 2. The maximum Gasteiger partial charge on any atom is 0.0100 e. The second kappa shape index (κ2) is 7.30. The Bertz CT molecular complexity index is 350. The zero-order valence-corrected chi connectivity index (χ0v) is 12.9. The molecule has 0 N–H and O–H groups in total. The van der Waals surface area contributed by atoms with E-state index in [0.717, 1.165) is 11.8 Å². The van der Waals surface area contributed by atoms with Gasteiger partial charge >= 0.3 is 0 Å². The first kappa shape index (κ1) is 14.1. The highest BCUT2D eigenvalue weighted by atomic mass is 33.1. The molecule has 0 saturated heterocycles. The van der Waals surface area contributed by atoms with Crippen LogP contribution in [0.5, 0.6) is 0 Å². The second-order valence-corrected chi connectivity index (χ2v) is 7.67. The van der Waals surface area contributed by atoms with E-state index in [4.69, 9.17) is 0 Å². The van der Waals surface area contributed by atoms with Crippen LogP contribution in [0.2, 0.25) is 0 Å². The number of rotatable bonds is 7. The first-order valence-electron chi connectivity index (χ1n) is 6.73. The number of allylic oxidation sites excluding steroid dienone is 8. The Morgan fingerprint density at radius 1 is 0.889 bits per heavy atom. The molecule has 0 aromatic carbocycles. The average molecular weight is 278 g/mol. The van der Waals surface area contributed by atoms with E-state index in [9.17, 15) is 0 Å². The lowest BCUT2D eigenvalue weighted by Gasteiger charge is -2.14. The minimum atomic E-state index is 0.722. The molecular formula is C16H22S2. The van der Waals surface area contributed by atoms with Gasteiger partial charge in [0.25, 0.3) is 0 Å². The van der Waals surface area contributed by atoms with E-state index >= 15 is 0 Å². The van der Waals surface area contributed by atoms with Crippen LogP contribution in [0.1, 0.15) is 26.7 Å². The molecule has 2 aliphatic carbocycles. The highest BCUT2D eigenvalue weighted by Gasteiger charge is 2.12. The van der Waals surface area contributed by atoms with Gasteiger partial charge in [-0.05, 0) is 24.7 Å². The fraction of sp³-hybridized carbons (Fsp3) is 0.500. The molecule has 0 radical (unpaired) electrons. The van der Waals surface area contributed by atoms with Crippen molar-refractivity contribution in [3.63, 3.8) is 0 Å². The molecule has 0 aromatic heterocycles. The second-order valence-electron chi connectivity index (χ2n) is 5.12. The smallest absolute Gasteiger partial charge is 0.0100 e. The summed E-state index contributed by atoms with van der Waals surface area (Å²) < 4.78 is 0. The van der Waals surface area contributed by atoms with Crippen molar-refractivity contribution in [1.82, 2.24) is 0 Å². The highest BCUT2D eigenvalue weighted by molar-refractivity contribution is 8.76. The van der Waals surface area contributed by atoms with Crippen LogP contribution < -0.4 is 0 Å². The lowest BCUT2D eigenvalue weighted by Crippen LogP contribution is -2.02. The Labute approximate surface area is 119 Å². The standard InChI is InChI=1S/C16H22S2/c1-13(15-7-3-4-8-15)11-17-18-12-14(2)16-9-5-6-10-16/h3-7,9,13-14H,8,10-12H2,1-2H3/t13-,14+. The molecular weight excluding hydrogens is 256 g/mol. The SMILES string of the molecule is C[C@H](CSSC[C@H](C)C1=CC=CC1)C1=CC=CC1.